The number of hydrogen-bond acceptors (Lipinski definition) is 3. The van der Waals surface area contributed by atoms with E-state index in [0.29, 0.717) is 6.54 Å². The molecule has 1 heterocycles. The Balaban J connectivity index is 1.94. The maximum absolute atomic E-state index is 11.5. The summed E-state index contributed by atoms with van der Waals surface area (Å²) in [5, 5.41) is 0. The summed E-state index contributed by atoms with van der Waals surface area (Å²) in [7, 11) is -3.09. The summed E-state index contributed by atoms with van der Waals surface area (Å²) in [6.45, 7) is 6.12. The van der Waals surface area contributed by atoms with Gasteiger partial charge in [0, 0.05) is 25.7 Å². The van der Waals surface area contributed by atoms with Crippen LogP contribution in [0.2, 0.25) is 0 Å². The molecule has 19 heavy (non-hydrogen) atoms. The van der Waals surface area contributed by atoms with Gasteiger partial charge in [0.15, 0.2) is 0 Å². The molecule has 5 heteroatoms. The van der Waals surface area contributed by atoms with Crippen molar-refractivity contribution in [2.24, 2.45) is 0 Å². The highest BCUT2D eigenvalue weighted by Crippen LogP contribution is 2.19. The summed E-state index contributed by atoms with van der Waals surface area (Å²) in [4.78, 5) is 2.33. The molecule has 2 rings (SSSR count). The van der Waals surface area contributed by atoms with E-state index in [1.54, 1.807) is 6.92 Å². The number of benzene rings is 1. The van der Waals surface area contributed by atoms with E-state index in [1.165, 1.54) is 11.1 Å². The van der Waals surface area contributed by atoms with E-state index in [9.17, 15) is 8.42 Å². The molecule has 1 aromatic carbocycles. The van der Waals surface area contributed by atoms with Crippen molar-refractivity contribution in [3.05, 3.63) is 35.4 Å². The number of fused-ring (bicyclic) bond motifs is 1. The van der Waals surface area contributed by atoms with Gasteiger partial charge in [-0.3, -0.25) is 4.90 Å². The molecule has 1 aromatic rings. The lowest BCUT2D eigenvalue weighted by molar-refractivity contribution is 0.192. The molecule has 4 nitrogen and oxygen atoms in total. The summed E-state index contributed by atoms with van der Waals surface area (Å²) in [5.74, 6) is 0.141. The lowest BCUT2D eigenvalue weighted by Gasteiger charge is -2.33. The molecule has 106 valence electrons. The zero-order valence-electron chi connectivity index (χ0n) is 11.6. The Hall–Kier alpha value is -0.910. The largest absolute Gasteiger partial charge is 0.295 e. The number of rotatable bonds is 5. The summed E-state index contributed by atoms with van der Waals surface area (Å²) in [6.07, 6.45) is 1.04. The van der Waals surface area contributed by atoms with Crippen LogP contribution >= 0.6 is 0 Å². The first-order chi connectivity index (χ1) is 9.02. The molecule has 1 atom stereocenters. The summed E-state index contributed by atoms with van der Waals surface area (Å²) >= 11 is 0. The zero-order chi connectivity index (χ0) is 13.9. The van der Waals surface area contributed by atoms with E-state index in [-0.39, 0.29) is 11.8 Å². The van der Waals surface area contributed by atoms with Gasteiger partial charge >= 0.3 is 0 Å². The first-order valence-corrected chi connectivity index (χ1v) is 8.45. The maximum atomic E-state index is 11.5. The smallest absolute Gasteiger partial charge is 0.211 e. The van der Waals surface area contributed by atoms with E-state index in [2.05, 4.69) is 40.8 Å². The van der Waals surface area contributed by atoms with Crippen LogP contribution in [0.4, 0.5) is 0 Å². The van der Waals surface area contributed by atoms with Crippen molar-refractivity contribution in [3.8, 4) is 0 Å². The molecule has 0 spiro atoms. The van der Waals surface area contributed by atoms with Gasteiger partial charge in [-0.05, 0) is 31.4 Å². The van der Waals surface area contributed by atoms with Crippen LogP contribution < -0.4 is 4.72 Å². The molecular weight excluding hydrogens is 260 g/mol. The van der Waals surface area contributed by atoms with E-state index in [0.717, 1.165) is 19.5 Å². The van der Waals surface area contributed by atoms with Crippen molar-refractivity contribution < 1.29 is 8.42 Å². The summed E-state index contributed by atoms with van der Waals surface area (Å²) < 4.78 is 25.6. The lowest BCUT2D eigenvalue weighted by atomic mass is 9.99. The molecule has 0 saturated heterocycles. The fraction of sp³-hybridized carbons (Fsp3) is 0.571. The molecule has 0 saturated carbocycles. The van der Waals surface area contributed by atoms with Crippen LogP contribution in [-0.4, -0.2) is 38.2 Å². The molecule has 0 aromatic heterocycles. The highest BCUT2D eigenvalue weighted by Gasteiger charge is 2.21. The van der Waals surface area contributed by atoms with Crippen molar-refractivity contribution in [3.63, 3.8) is 0 Å². The lowest BCUT2D eigenvalue weighted by Crippen LogP contribution is -2.44. The first-order valence-electron chi connectivity index (χ1n) is 6.80. The predicted molar refractivity (Wildman–Crippen MR) is 77.5 cm³/mol. The Morgan fingerprint density at radius 2 is 2.00 bits per heavy atom. The monoisotopic (exact) mass is 282 g/mol. The van der Waals surface area contributed by atoms with Crippen LogP contribution in [-0.2, 0) is 23.0 Å². The third-order valence-corrected chi connectivity index (χ3v) is 5.13. The minimum Gasteiger partial charge on any atom is -0.295 e. The van der Waals surface area contributed by atoms with Gasteiger partial charge in [-0.15, -0.1) is 0 Å². The average Bonchev–Trinajstić information content (AvgIpc) is 2.44. The van der Waals surface area contributed by atoms with Gasteiger partial charge in [0.2, 0.25) is 10.0 Å². The van der Waals surface area contributed by atoms with E-state index in [4.69, 9.17) is 0 Å². The minimum absolute atomic E-state index is 0.141. The standard InChI is InChI=1S/C14H22N2O2S/c1-3-19(17,18)15-10-12(2)16-9-8-13-6-4-5-7-14(13)11-16/h4-7,12,15H,3,8-11H2,1-2H3/t12-/m1/s1. The second-order valence-corrected chi connectivity index (χ2v) is 7.19. The molecule has 0 bridgehead atoms. The van der Waals surface area contributed by atoms with Crippen LogP contribution in [0.15, 0.2) is 24.3 Å². The third kappa shape index (κ3) is 3.78. The van der Waals surface area contributed by atoms with Crippen LogP contribution in [0.5, 0.6) is 0 Å². The van der Waals surface area contributed by atoms with Crippen molar-refractivity contribution in [1.29, 1.82) is 0 Å². The van der Waals surface area contributed by atoms with Crippen molar-refractivity contribution >= 4 is 10.0 Å². The molecule has 0 amide bonds. The SMILES string of the molecule is CCS(=O)(=O)NC[C@@H](C)N1CCc2ccccc2C1. The Morgan fingerprint density at radius 1 is 1.32 bits per heavy atom. The second-order valence-electron chi connectivity index (χ2n) is 5.09. The molecule has 1 aliphatic rings. The van der Waals surface area contributed by atoms with Gasteiger partial charge in [0.25, 0.3) is 0 Å². The molecule has 0 radical (unpaired) electrons. The minimum atomic E-state index is -3.09. The van der Waals surface area contributed by atoms with Crippen molar-refractivity contribution in [1.82, 2.24) is 9.62 Å². The molecule has 1 N–H and O–H groups in total. The van der Waals surface area contributed by atoms with Gasteiger partial charge < -0.3 is 0 Å². The predicted octanol–water partition coefficient (Wildman–Crippen LogP) is 1.37. The van der Waals surface area contributed by atoms with Crippen molar-refractivity contribution in [2.75, 3.05) is 18.8 Å². The van der Waals surface area contributed by atoms with Crippen LogP contribution in [0.3, 0.4) is 0 Å². The van der Waals surface area contributed by atoms with Crippen LogP contribution in [0, 0.1) is 0 Å². The highest BCUT2D eigenvalue weighted by atomic mass is 32.2. The molecule has 1 aliphatic heterocycles. The Kier molecular flexibility index (Phi) is 4.60. The number of sulfonamides is 1. The second kappa shape index (κ2) is 6.03. The number of hydrogen-bond donors (Lipinski definition) is 1. The van der Waals surface area contributed by atoms with Gasteiger partial charge in [0.1, 0.15) is 0 Å². The Morgan fingerprint density at radius 3 is 2.68 bits per heavy atom. The van der Waals surface area contributed by atoms with Gasteiger partial charge in [-0.1, -0.05) is 24.3 Å². The fourth-order valence-corrected chi connectivity index (χ4v) is 3.07. The number of nitrogens with zero attached hydrogens (tertiary/aromatic N) is 1. The molecule has 0 unspecified atom stereocenters. The zero-order valence-corrected chi connectivity index (χ0v) is 12.4. The average molecular weight is 282 g/mol. The van der Waals surface area contributed by atoms with Crippen molar-refractivity contribution in [2.45, 2.75) is 32.9 Å². The number of nitrogens with one attached hydrogen (secondary N) is 1. The normalized spacial score (nSPS) is 18.0. The maximum Gasteiger partial charge on any atom is 0.211 e. The van der Waals surface area contributed by atoms with Crippen LogP contribution in [0.25, 0.3) is 0 Å². The quantitative estimate of drug-likeness (QED) is 0.887. The fourth-order valence-electron chi connectivity index (χ4n) is 2.37. The highest BCUT2D eigenvalue weighted by molar-refractivity contribution is 7.89. The Bertz CT molecular complexity index is 528. The van der Waals surface area contributed by atoms with Gasteiger partial charge in [-0.2, -0.15) is 0 Å². The first kappa shape index (κ1) is 14.5. The van der Waals surface area contributed by atoms with E-state index >= 15 is 0 Å². The molecule has 0 aliphatic carbocycles. The van der Waals surface area contributed by atoms with Gasteiger partial charge in [-0.25, -0.2) is 13.1 Å². The van der Waals surface area contributed by atoms with E-state index in [1.807, 2.05) is 0 Å². The van der Waals surface area contributed by atoms with E-state index < -0.39 is 10.0 Å². The van der Waals surface area contributed by atoms with Crippen LogP contribution in [0.1, 0.15) is 25.0 Å². The summed E-state index contributed by atoms with van der Waals surface area (Å²) in [6, 6.07) is 8.69. The molecular formula is C14H22N2O2S. The Labute approximate surface area is 115 Å². The molecule has 0 fully saturated rings. The third-order valence-electron chi connectivity index (χ3n) is 3.76. The summed E-state index contributed by atoms with van der Waals surface area (Å²) in [5.41, 5.74) is 2.78. The van der Waals surface area contributed by atoms with Gasteiger partial charge in [0.05, 0.1) is 5.75 Å². The topological polar surface area (TPSA) is 49.4 Å².